The summed E-state index contributed by atoms with van der Waals surface area (Å²) >= 11 is 0. The molecule has 5 nitrogen and oxygen atoms in total. The molecule has 1 saturated carbocycles. The molecule has 218 valence electrons. The van der Waals surface area contributed by atoms with Gasteiger partial charge in [0.15, 0.2) is 0 Å². The van der Waals surface area contributed by atoms with Gasteiger partial charge in [-0.3, -0.25) is 4.79 Å². The molecule has 0 bridgehead atoms. The Kier molecular flexibility index (Phi) is 7.48. The van der Waals surface area contributed by atoms with E-state index < -0.39 is 35.4 Å². The molecule has 2 aliphatic heterocycles. The average Bonchev–Trinajstić information content (AvgIpc) is 3.42. The van der Waals surface area contributed by atoms with E-state index >= 15 is 0 Å². The third-order valence-corrected chi connectivity index (χ3v) is 8.04. The first kappa shape index (κ1) is 28.6. The van der Waals surface area contributed by atoms with E-state index in [9.17, 15) is 31.1 Å². The van der Waals surface area contributed by atoms with E-state index in [1.54, 1.807) is 6.07 Å². The largest absolute Gasteiger partial charge is 0.496 e. The van der Waals surface area contributed by atoms with Gasteiger partial charge in [-0.1, -0.05) is 12.8 Å². The lowest BCUT2D eigenvalue weighted by molar-refractivity contribution is -0.143. The molecule has 2 atom stereocenters. The highest BCUT2D eigenvalue weighted by atomic mass is 19.4. The van der Waals surface area contributed by atoms with Gasteiger partial charge in [-0.2, -0.15) is 26.3 Å². The lowest BCUT2D eigenvalue weighted by atomic mass is 9.80. The predicted octanol–water partition coefficient (Wildman–Crippen LogP) is 6.36. The Morgan fingerprint density at radius 3 is 2.27 bits per heavy atom. The number of alkyl halides is 6. The Labute approximate surface area is 228 Å². The van der Waals surface area contributed by atoms with Crippen LogP contribution in [0, 0.1) is 11.3 Å². The second-order valence-electron chi connectivity index (χ2n) is 11.3. The van der Waals surface area contributed by atoms with Crippen LogP contribution in [0.4, 0.5) is 26.3 Å². The van der Waals surface area contributed by atoms with E-state index in [2.05, 4.69) is 5.32 Å². The van der Waals surface area contributed by atoms with Crippen molar-refractivity contribution >= 4 is 5.91 Å². The van der Waals surface area contributed by atoms with Crippen LogP contribution in [0.25, 0.3) is 0 Å². The summed E-state index contributed by atoms with van der Waals surface area (Å²) < 4.78 is 93.1. The summed E-state index contributed by atoms with van der Waals surface area (Å²) in [5.41, 5.74) is -2.32. The van der Waals surface area contributed by atoms with Gasteiger partial charge in [-0.25, -0.2) is 0 Å². The molecule has 2 fully saturated rings. The number of rotatable bonds is 8. The van der Waals surface area contributed by atoms with Crippen LogP contribution in [-0.4, -0.2) is 37.1 Å². The number of carbonyl (C=O) groups is 1. The van der Waals surface area contributed by atoms with Gasteiger partial charge in [0.1, 0.15) is 17.6 Å². The minimum atomic E-state index is -4.98. The van der Waals surface area contributed by atoms with Gasteiger partial charge in [0.25, 0.3) is 0 Å². The number of fused-ring (bicyclic) bond motifs is 1. The number of nitrogens with one attached hydrogen (secondary N) is 1. The van der Waals surface area contributed by atoms with Crippen molar-refractivity contribution in [1.82, 2.24) is 10.2 Å². The molecule has 1 aliphatic carbocycles. The predicted molar refractivity (Wildman–Crippen MR) is 135 cm³/mol. The Bertz CT molecular complexity index is 1230. The van der Waals surface area contributed by atoms with Crippen LogP contribution in [0.3, 0.4) is 0 Å². The van der Waals surface area contributed by atoms with Crippen molar-refractivity contribution in [3.63, 3.8) is 0 Å². The van der Waals surface area contributed by atoms with Crippen molar-refractivity contribution in [1.29, 1.82) is 0 Å². The molecular formula is C29H32F6N2O3. The van der Waals surface area contributed by atoms with Crippen molar-refractivity contribution in [2.75, 3.05) is 20.2 Å². The number of carbonyl (C=O) groups excluding carboxylic acids is 1. The molecule has 0 radical (unpaired) electrons. The van der Waals surface area contributed by atoms with Gasteiger partial charge in [0.05, 0.1) is 23.7 Å². The van der Waals surface area contributed by atoms with Crippen LogP contribution in [0.5, 0.6) is 11.5 Å². The van der Waals surface area contributed by atoms with Crippen LogP contribution in [0.15, 0.2) is 30.3 Å². The molecule has 2 heterocycles. The summed E-state index contributed by atoms with van der Waals surface area (Å²) in [6.07, 6.45) is -6.14. The van der Waals surface area contributed by atoms with Crippen LogP contribution in [0.2, 0.25) is 0 Å². The van der Waals surface area contributed by atoms with Crippen molar-refractivity contribution in [2.45, 2.75) is 70.6 Å². The Morgan fingerprint density at radius 1 is 1.05 bits per heavy atom. The standard InChI is InChI=1S/C29H32F6N2O3/c1-17-7-20-10-24(39-2)21(11-25(20)40-17)15-37(26(38)27(5-6-36-16-27)13-18-3-4-18)14-19-8-22(28(30,31)32)12-23(9-19)29(33,34)35/h8-12,17-18,36H,3-7,13-16H2,1-2H3. The maximum atomic E-state index is 14.3. The van der Waals surface area contributed by atoms with Crippen molar-refractivity contribution < 1.29 is 40.6 Å². The average molecular weight is 571 g/mol. The minimum Gasteiger partial charge on any atom is -0.496 e. The molecule has 5 rings (SSSR count). The smallest absolute Gasteiger partial charge is 0.416 e. The number of methoxy groups -OCH3 is 1. The summed E-state index contributed by atoms with van der Waals surface area (Å²) in [5, 5.41) is 3.24. The van der Waals surface area contributed by atoms with Crippen molar-refractivity contribution in [3.05, 3.63) is 58.1 Å². The fourth-order valence-electron chi connectivity index (χ4n) is 5.93. The molecular weight excluding hydrogens is 538 g/mol. The number of ether oxygens (including phenoxy) is 2. The zero-order valence-electron chi connectivity index (χ0n) is 22.3. The molecule has 2 unspecified atom stereocenters. The zero-order chi connectivity index (χ0) is 28.9. The van der Waals surface area contributed by atoms with E-state index in [0.717, 1.165) is 18.4 Å². The summed E-state index contributed by atoms with van der Waals surface area (Å²) in [4.78, 5) is 15.6. The van der Waals surface area contributed by atoms with Gasteiger partial charge in [-0.05, 0) is 68.1 Å². The quantitative estimate of drug-likeness (QED) is 0.375. The van der Waals surface area contributed by atoms with Gasteiger partial charge in [-0.15, -0.1) is 0 Å². The van der Waals surface area contributed by atoms with E-state index in [0.29, 0.717) is 67.5 Å². The Balaban J connectivity index is 1.55. The minimum absolute atomic E-state index is 0.0510. The van der Waals surface area contributed by atoms with E-state index in [-0.39, 0.29) is 30.2 Å². The lowest BCUT2D eigenvalue weighted by Gasteiger charge is -2.35. The first-order valence-corrected chi connectivity index (χ1v) is 13.4. The molecule has 2 aromatic carbocycles. The molecule has 2 aromatic rings. The molecule has 11 heteroatoms. The molecule has 40 heavy (non-hydrogen) atoms. The molecule has 1 amide bonds. The third kappa shape index (κ3) is 6.04. The maximum absolute atomic E-state index is 14.3. The number of halogens is 6. The molecule has 0 aromatic heterocycles. The summed E-state index contributed by atoms with van der Waals surface area (Å²) in [7, 11) is 1.48. The molecule has 0 spiro atoms. The van der Waals surface area contributed by atoms with E-state index in [1.807, 2.05) is 13.0 Å². The summed E-state index contributed by atoms with van der Waals surface area (Å²) in [5.74, 6) is 1.21. The van der Waals surface area contributed by atoms with Crippen molar-refractivity contribution in [3.8, 4) is 11.5 Å². The highest BCUT2D eigenvalue weighted by Gasteiger charge is 2.47. The van der Waals surface area contributed by atoms with Crippen LogP contribution in [-0.2, 0) is 36.7 Å². The summed E-state index contributed by atoms with van der Waals surface area (Å²) in [6.45, 7) is 2.47. The number of hydrogen-bond acceptors (Lipinski definition) is 4. The first-order valence-electron chi connectivity index (χ1n) is 13.4. The second kappa shape index (κ2) is 10.5. The van der Waals surface area contributed by atoms with Gasteiger partial charge in [0.2, 0.25) is 5.91 Å². The van der Waals surface area contributed by atoms with Gasteiger partial charge in [0, 0.05) is 37.2 Å². The zero-order valence-corrected chi connectivity index (χ0v) is 22.3. The topological polar surface area (TPSA) is 50.8 Å². The highest BCUT2D eigenvalue weighted by Crippen LogP contribution is 2.45. The van der Waals surface area contributed by atoms with Crippen LogP contribution in [0.1, 0.15) is 60.4 Å². The van der Waals surface area contributed by atoms with Gasteiger partial charge < -0.3 is 19.7 Å². The highest BCUT2D eigenvalue weighted by molar-refractivity contribution is 5.83. The fraction of sp³-hybridized carbons (Fsp3) is 0.552. The number of amides is 1. The second-order valence-corrected chi connectivity index (χ2v) is 11.3. The van der Waals surface area contributed by atoms with Gasteiger partial charge >= 0.3 is 12.4 Å². The lowest BCUT2D eigenvalue weighted by Crippen LogP contribution is -2.45. The molecule has 1 saturated heterocycles. The van der Waals surface area contributed by atoms with Crippen LogP contribution < -0.4 is 14.8 Å². The normalized spacial score (nSPS) is 22.6. The number of nitrogens with zero attached hydrogens (tertiary/aromatic N) is 1. The number of benzene rings is 2. The molecule has 3 aliphatic rings. The Hall–Kier alpha value is -2.95. The van der Waals surface area contributed by atoms with Crippen LogP contribution >= 0.6 is 0 Å². The fourth-order valence-corrected chi connectivity index (χ4v) is 5.93. The van der Waals surface area contributed by atoms with E-state index in [1.165, 1.54) is 12.0 Å². The number of hydrogen-bond donors (Lipinski definition) is 1. The monoisotopic (exact) mass is 570 g/mol. The first-order chi connectivity index (χ1) is 18.8. The summed E-state index contributed by atoms with van der Waals surface area (Å²) in [6, 6.07) is 5.07. The molecule has 1 N–H and O–H groups in total. The Morgan fingerprint density at radius 2 is 1.73 bits per heavy atom. The van der Waals surface area contributed by atoms with E-state index in [4.69, 9.17) is 9.47 Å². The third-order valence-electron chi connectivity index (χ3n) is 8.04. The van der Waals surface area contributed by atoms with Crippen molar-refractivity contribution in [2.24, 2.45) is 11.3 Å². The maximum Gasteiger partial charge on any atom is 0.416 e. The SMILES string of the molecule is COc1cc2c(cc1CN(Cc1cc(C(F)(F)F)cc(C(F)(F)F)c1)C(=O)C1(CC3CC3)CCNC1)OC(C)C2.